The van der Waals surface area contributed by atoms with Gasteiger partial charge in [0, 0.05) is 13.1 Å². The molecule has 0 unspecified atom stereocenters. The zero-order chi connectivity index (χ0) is 22.2. The molecule has 4 rings (SSSR count). The maximum absolute atomic E-state index is 13.4. The summed E-state index contributed by atoms with van der Waals surface area (Å²) in [6.07, 6.45) is 0.358. The molecule has 0 radical (unpaired) electrons. The minimum absolute atomic E-state index is 0.0230. The molecular weight excluding hydrogens is 420 g/mol. The van der Waals surface area contributed by atoms with Gasteiger partial charge in [-0.05, 0) is 37.5 Å². The van der Waals surface area contributed by atoms with E-state index in [1.165, 1.54) is 16.4 Å². The summed E-state index contributed by atoms with van der Waals surface area (Å²) in [6, 6.07) is 15.2. The highest BCUT2D eigenvalue weighted by atomic mass is 32.2. The lowest BCUT2D eigenvalue weighted by Gasteiger charge is -2.39. The second kappa shape index (κ2) is 7.90. The van der Waals surface area contributed by atoms with Crippen LogP contribution in [0.15, 0.2) is 54.6 Å². The molecule has 0 N–H and O–H groups in total. The number of sulfonamides is 1. The number of piperidine rings is 1. The molecule has 0 atom stereocenters. The van der Waals surface area contributed by atoms with Crippen molar-refractivity contribution in [1.82, 2.24) is 9.37 Å². The second-order valence-electron chi connectivity index (χ2n) is 7.58. The summed E-state index contributed by atoms with van der Waals surface area (Å²) in [5, 5.41) is 0.507. The quantitative estimate of drug-likeness (QED) is 0.658. The topological polar surface area (TPSA) is 101 Å². The molecule has 8 nitrogen and oxygen atoms in total. The van der Waals surface area contributed by atoms with Gasteiger partial charge < -0.3 is 4.84 Å². The van der Waals surface area contributed by atoms with Crippen molar-refractivity contribution < 1.29 is 27.6 Å². The van der Waals surface area contributed by atoms with Gasteiger partial charge in [0.25, 0.3) is 11.8 Å². The molecule has 0 aromatic heterocycles. The first-order valence-electron chi connectivity index (χ1n) is 10.0. The zero-order valence-corrected chi connectivity index (χ0v) is 17.8. The van der Waals surface area contributed by atoms with E-state index < -0.39 is 33.2 Å². The van der Waals surface area contributed by atoms with Gasteiger partial charge in [0.1, 0.15) is 0 Å². The van der Waals surface area contributed by atoms with Crippen LogP contribution in [0.25, 0.3) is 0 Å². The number of carbonyl (C=O) groups excluding carboxylic acids is 3. The van der Waals surface area contributed by atoms with Crippen molar-refractivity contribution in [3.05, 3.63) is 71.3 Å². The predicted octanol–water partition coefficient (Wildman–Crippen LogP) is 2.12. The van der Waals surface area contributed by atoms with E-state index in [-0.39, 0.29) is 42.8 Å². The molecule has 0 spiro atoms. The highest BCUT2D eigenvalue weighted by Crippen LogP contribution is 2.38. The Bertz CT molecular complexity index is 1100. The number of hydrogen-bond donors (Lipinski definition) is 0. The maximum atomic E-state index is 13.4. The standard InChI is InChI=1S/C22H22N2O6S/c1-2-31(28,29)23-14-12-22(13-15-23,16-8-4-3-5-9-16)21(27)30-24-19(25)17-10-6-7-11-18(17)20(24)26/h3-11H,2,12-15H2,1H3. The highest BCUT2D eigenvalue weighted by Gasteiger charge is 2.49. The van der Waals surface area contributed by atoms with Crippen molar-refractivity contribution >= 4 is 27.8 Å². The Hall–Kier alpha value is -3.04. The Kier molecular flexibility index (Phi) is 5.40. The first kappa shape index (κ1) is 21.2. The number of imide groups is 1. The molecule has 2 amide bonds. The van der Waals surface area contributed by atoms with Crippen molar-refractivity contribution in [1.29, 1.82) is 0 Å². The Morgan fingerprint density at radius 2 is 1.45 bits per heavy atom. The molecule has 2 aromatic carbocycles. The minimum Gasteiger partial charge on any atom is -0.329 e. The molecule has 2 aliphatic heterocycles. The Morgan fingerprint density at radius 1 is 0.935 bits per heavy atom. The Morgan fingerprint density at radius 3 is 1.97 bits per heavy atom. The SMILES string of the molecule is CCS(=O)(=O)N1CCC(C(=O)ON2C(=O)c3ccccc3C2=O)(c2ccccc2)CC1. The fourth-order valence-corrected chi connectivity index (χ4v) is 5.22. The van der Waals surface area contributed by atoms with Crippen LogP contribution < -0.4 is 0 Å². The van der Waals surface area contributed by atoms with Gasteiger partial charge in [0.2, 0.25) is 10.0 Å². The third-order valence-electron chi connectivity index (χ3n) is 5.98. The van der Waals surface area contributed by atoms with E-state index in [1.807, 2.05) is 6.07 Å². The summed E-state index contributed by atoms with van der Waals surface area (Å²) in [6.45, 7) is 1.86. The van der Waals surface area contributed by atoms with E-state index in [1.54, 1.807) is 43.3 Å². The summed E-state index contributed by atoms with van der Waals surface area (Å²) < 4.78 is 25.9. The molecule has 9 heteroatoms. The lowest BCUT2D eigenvalue weighted by Crippen LogP contribution is -2.51. The van der Waals surface area contributed by atoms with Gasteiger partial charge in [0.15, 0.2) is 0 Å². The van der Waals surface area contributed by atoms with Gasteiger partial charge in [-0.1, -0.05) is 47.5 Å². The number of hydroxylamine groups is 2. The maximum Gasteiger partial charge on any atom is 0.343 e. The first-order chi connectivity index (χ1) is 14.8. The number of hydrogen-bond acceptors (Lipinski definition) is 6. The summed E-state index contributed by atoms with van der Waals surface area (Å²) in [5.41, 5.74) is -0.155. The van der Waals surface area contributed by atoms with Crippen LogP contribution in [0.3, 0.4) is 0 Å². The first-order valence-corrected chi connectivity index (χ1v) is 11.6. The molecule has 2 aromatic rings. The number of amides is 2. The van der Waals surface area contributed by atoms with Crippen molar-refractivity contribution in [2.24, 2.45) is 0 Å². The normalized spacial score (nSPS) is 18.7. The van der Waals surface area contributed by atoms with Crippen LogP contribution in [0.2, 0.25) is 0 Å². The fraction of sp³-hybridized carbons (Fsp3) is 0.318. The van der Waals surface area contributed by atoms with Gasteiger partial charge >= 0.3 is 5.97 Å². The van der Waals surface area contributed by atoms with E-state index >= 15 is 0 Å². The number of carbonyl (C=O) groups is 3. The lowest BCUT2D eigenvalue weighted by atomic mass is 9.73. The van der Waals surface area contributed by atoms with E-state index in [2.05, 4.69) is 0 Å². The van der Waals surface area contributed by atoms with Gasteiger partial charge in [-0.25, -0.2) is 17.5 Å². The smallest absolute Gasteiger partial charge is 0.329 e. The monoisotopic (exact) mass is 442 g/mol. The molecule has 2 aliphatic rings. The average Bonchev–Trinajstić information content (AvgIpc) is 3.04. The van der Waals surface area contributed by atoms with Crippen molar-refractivity contribution in [2.75, 3.05) is 18.8 Å². The molecule has 1 fully saturated rings. The van der Waals surface area contributed by atoms with E-state index in [4.69, 9.17) is 4.84 Å². The second-order valence-corrected chi connectivity index (χ2v) is 9.83. The van der Waals surface area contributed by atoms with E-state index in [0.717, 1.165) is 0 Å². The van der Waals surface area contributed by atoms with Crippen LogP contribution in [0.1, 0.15) is 46.0 Å². The average molecular weight is 442 g/mol. The van der Waals surface area contributed by atoms with E-state index in [9.17, 15) is 22.8 Å². The minimum atomic E-state index is -3.39. The third-order valence-corrected chi connectivity index (χ3v) is 7.86. The molecule has 0 bridgehead atoms. The molecule has 0 aliphatic carbocycles. The number of rotatable bonds is 5. The van der Waals surface area contributed by atoms with Gasteiger partial charge in [-0.2, -0.15) is 0 Å². The molecule has 0 saturated carbocycles. The van der Waals surface area contributed by atoms with Crippen LogP contribution in [-0.2, 0) is 25.1 Å². The Labute approximate surface area is 180 Å². The van der Waals surface area contributed by atoms with Crippen LogP contribution >= 0.6 is 0 Å². The summed E-state index contributed by atoms with van der Waals surface area (Å²) in [4.78, 5) is 44.1. The molecule has 31 heavy (non-hydrogen) atoms. The largest absolute Gasteiger partial charge is 0.343 e. The van der Waals surface area contributed by atoms with Crippen LogP contribution in [0.5, 0.6) is 0 Å². The van der Waals surface area contributed by atoms with Gasteiger partial charge in [0.05, 0.1) is 22.3 Å². The van der Waals surface area contributed by atoms with E-state index in [0.29, 0.717) is 10.6 Å². The number of nitrogens with zero attached hydrogens (tertiary/aromatic N) is 2. The zero-order valence-electron chi connectivity index (χ0n) is 17.0. The van der Waals surface area contributed by atoms with Crippen molar-refractivity contribution in [2.45, 2.75) is 25.2 Å². The molecule has 2 heterocycles. The van der Waals surface area contributed by atoms with Crippen molar-refractivity contribution in [3.8, 4) is 0 Å². The molecular formula is C22H22N2O6S. The van der Waals surface area contributed by atoms with Crippen LogP contribution in [0, 0.1) is 0 Å². The third kappa shape index (κ3) is 3.53. The number of benzene rings is 2. The van der Waals surface area contributed by atoms with Gasteiger partial charge in [-0.3, -0.25) is 9.59 Å². The highest BCUT2D eigenvalue weighted by molar-refractivity contribution is 7.89. The summed E-state index contributed by atoms with van der Waals surface area (Å²) in [7, 11) is -3.39. The van der Waals surface area contributed by atoms with Crippen molar-refractivity contribution in [3.63, 3.8) is 0 Å². The summed E-state index contributed by atoms with van der Waals surface area (Å²) in [5.74, 6) is -2.15. The number of fused-ring (bicyclic) bond motifs is 1. The molecule has 1 saturated heterocycles. The van der Waals surface area contributed by atoms with Gasteiger partial charge in [-0.15, -0.1) is 0 Å². The lowest BCUT2D eigenvalue weighted by molar-refractivity contribution is -0.177. The molecule has 162 valence electrons. The van der Waals surface area contributed by atoms with Crippen LogP contribution in [0.4, 0.5) is 0 Å². The Balaban J connectivity index is 1.63. The van der Waals surface area contributed by atoms with Crippen LogP contribution in [-0.4, -0.2) is 54.4 Å². The summed E-state index contributed by atoms with van der Waals surface area (Å²) >= 11 is 0. The fourth-order valence-electron chi connectivity index (χ4n) is 4.12. The predicted molar refractivity (Wildman–Crippen MR) is 111 cm³/mol.